The minimum absolute atomic E-state index is 0.0335. The van der Waals surface area contributed by atoms with Crippen LogP contribution in [-0.4, -0.2) is 0 Å². The van der Waals surface area contributed by atoms with Crippen molar-refractivity contribution in [2.45, 2.75) is 6.04 Å². The zero-order valence-corrected chi connectivity index (χ0v) is 8.55. The van der Waals surface area contributed by atoms with Gasteiger partial charge in [0.05, 0.1) is 6.04 Å². The monoisotopic (exact) mass is 204 g/mol. The predicted octanol–water partition coefficient (Wildman–Crippen LogP) is 2.59. The molecule has 0 radical (unpaired) electrons. The summed E-state index contributed by atoms with van der Waals surface area (Å²) in [5, 5.41) is 3.37. The summed E-state index contributed by atoms with van der Waals surface area (Å²) >= 11 is 1.73. The first-order valence-electron chi connectivity index (χ1n) is 4.41. The van der Waals surface area contributed by atoms with Crippen molar-refractivity contribution >= 4 is 21.4 Å². The number of benzene rings is 1. The third-order valence-electron chi connectivity index (χ3n) is 2.26. The average molecular weight is 204 g/mol. The maximum absolute atomic E-state index is 5.45. The van der Waals surface area contributed by atoms with Crippen molar-refractivity contribution in [2.75, 3.05) is 0 Å². The standard InChI is InChI=1S/C11H12N2S/c1-2-10(13-12)9-7-14-11-6-4-3-5-8(9)11/h2-7,10,13H,1,12H2. The minimum atomic E-state index is 0.0335. The Morgan fingerprint density at radius 1 is 1.43 bits per heavy atom. The third-order valence-corrected chi connectivity index (χ3v) is 3.24. The molecule has 1 aromatic heterocycles. The molecular formula is C11H12N2S. The molecule has 2 aromatic rings. The van der Waals surface area contributed by atoms with Crippen molar-refractivity contribution in [1.82, 2.24) is 5.43 Å². The Morgan fingerprint density at radius 2 is 2.21 bits per heavy atom. The van der Waals surface area contributed by atoms with Gasteiger partial charge in [0.1, 0.15) is 0 Å². The van der Waals surface area contributed by atoms with Gasteiger partial charge in [-0.25, -0.2) is 5.43 Å². The van der Waals surface area contributed by atoms with E-state index in [-0.39, 0.29) is 6.04 Å². The molecule has 2 nitrogen and oxygen atoms in total. The number of fused-ring (bicyclic) bond motifs is 1. The summed E-state index contributed by atoms with van der Waals surface area (Å²) < 4.78 is 1.28. The smallest absolute Gasteiger partial charge is 0.0652 e. The number of nitrogens with two attached hydrogens (primary N) is 1. The Labute approximate surface area is 87.0 Å². The van der Waals surface area contributed by atoms with Gasteiger partial charge in [0.25, 0.3) is 0 Å². The molecule has 0 aliphatic rings. The Kier molecular flexibility index (Phi) is 2.63. The van der Waals surface area contributed by atoms with Gasteiger partial charge in [-0.2, -0.15) is 0 Å². The van der Waals surface area contributed by atoms with Crippen molar-refractivity contribution < 1.29 is 0 Å². The van der Waals surface area contributed by atoms with Crippen molar-refractivity contribution in [1.29, 1.82) is 0 Å². The summed E-state index contributed by atoms with van der Waals surface area (Å²) in [5.74, 6) is 5.45. The highest BCUT2D eigenvalue weighted by Crippen LogP contribution is 2.30. The fourth-order valence-electron chi connectivity index (χ4n) is 1.52. The molecular weight excluding hydrogens is 192 g/mol. The van der Waals surface area contributed by atoms with Gasteiger partial charge < -0.3 is 0 Å². The highest BCUT2D eigenvalue weighted by molar-refractivity contribution is 7.17. The van der Waals surface area contributed by atoms with Gasteiger partial charge in [-0.3, -0.25) is 5.84 Å². The van der Waals surface area contributed by atoms with Crippen LogP contribution in [0.5, 0.6) is 0 Å². The zero-order valence-electron chi connectivity index (χ0n) is 7.73. The average Bonchev–Trinajstić information content (AvgIpc) is 2.65. The zero-order chi connectivity index (χ0) is 9.97. The molecule has 3 heteroatoms. The molecule has 0 fully saturated rings. The van der Waals surface area contributed by atoms with Gasteiger partial charge in [0.15, 0.2) is 0 Å². The first-order chi connectivity index (χ1) is 6.86. The Morgan fingerprint density at radius 3 is 2.93 bits per heavy atom. The van der Waals surface area contributed by atoms with Gasteiger partial charge in [0, 0.05) is 4.70 Å². The van der Waals surface area contributed by atoms with Gasteiger partial charge in [-0.15, -0.1) is 17.9 Å². The van der Waals surface area contributed by atoms with Crippen LogP contribution < -0.4 is 11.3 Å². The van der Waals surface area contributed by atoms with E-state index in [1.807, 2.05) is 18.2 Å². The van der Waals surface area contributed by atoms with Crippen LogP contribution >= 0.6 is 11.3 Å². The van der Waals surface area contributed by atoms with Crippen molar-refractivity contribution in [2.24, 2.45) is 5.84 Å². The first kappa shape index (κ1) is 9.40. The number of rotatable bonds is 3. The van der Waals surface area contributed by atoms with E-state index in [9.17, 15) is 0 Å². The largest absolute Gasteiger partial charge is 0.271 e. The van der Waals surface area contributed by atoms with E-state index in [2.05, 4.69) is 29.5 Å². The highest BCUT2D eigenvalue weighted by Gasteiger charge is 2.10. The molecule has 2 rings (SSSR count). The van der Waals surface area contributed by atoms with Gasteiger partial charge >= 0.3 is 0 Å². The topological polar surface area (TPSA) is 38.0 Å². The van der Waals surface area contributed by atoms with E-state index in [0.717, 1.165) is 0 Å². The van der Waals surface area contributed by atoms with E-state index < -0.39 is 0 Å². The van der Waals surface area contributed by atoms with E-state index in [0.29, 0.717) is 0 Å². The second-order valence-corrected chi connectivity index (χ2v) is 3.98. The molecule has 0 aliphatic heterocycles. The van der Waals surface area contributed by atoms with Crippen LogP contribution in [0, 0.1) is 0 Å². The molecule has 0 aliphatic carbocycles. The summed E-state index contributed by atoms with van der Waals surface area (Å²) in [6.07, 6.45) is 1.81. The molecule has 0 amide bonds. The Balaban J connectivity index is 2.57. The second-order valence-electron chi connectivity index (χ2n) is 3.07. The molecule has 1 heterocycles. The third kappa shape index (κ3) is 1.46. The fourth-order valence-corrected chi connectivity index (χ4v) is 2.52. The van der Waals surface area contributed by atoms with Crippen LogP contribution in [0.1, 0.15) is 11.6 Å². The molecule has 0 bridgehead atoms. The van der Waals surface area contributed by atoms with Crippen LogP contribution in [-0.2, 0) is 0 Å². The van der Waals surface area contributed by atoms with Gasteiger partial charge in [0.2, 0.25) is 0 Å². The van der Waals surface area contributed by atoms with E-state index in [4.69, 9.17) is 5.84 Å². The van der Waals surface area contributed by atoms with Crippen LogP contribution in [0.4, 0.5) is 0 Å². The molecule has 72 valence electrons. The molecule has 1 atom stereocenters. The summed E-state index contributed by atoms with van der Waals surface area (Å²) in [4.78, 5) is 0. The quantitative estimate of drug-likeness (QED) is 0.458. The number of nitrogens with one attached hydrogen (secondary N) is 1. The SMILES string of the molecule is C=CC(NN)c1csc2ccccc12. The van der Waals surface area contributed by atoms with Gasteiger partial charge in [-0.1, -0.05) is 24.3 Å². The highest BCUT2D eigenvalue weighted by atomic mass is 32.1. The lowest BCUT2D eigenvalue weighted by Gasteiger charge is -2.09. The van der Waals surface area contributed by atoms with E-state index >= 15 is 0 Å². The maximum atomic E-state index is 5.45. The lowest BCUT2D eigenvalue weighted by atomic mass is 10.1. The molecule has 0 saturated carbocycles. The van der Waals surface area contributed by atoms with E-state index in [1.54, 1.807) is 11.3 Å². The van der Waals surface area contributed by atoms with Crippen LogP contribution in [0.15, 0.2) is 42.3 Å². The molecule has 14 heavy (non-hydrogen) atoms. The van der Waals surface area contributed by atoms with Crippen molar-refractivity contribution in [3.8, 4) is 0 Å². The molecule has 1 aromatic carbocycles. The lowest BCUT2D eigenvalue weighted by molar-refractivity contribution is 0.662. The Hall–Kier alpha value is -1.16. The second kappa shape index (κ2) is 3.92. The van der Waals surface area contributed by atoms with Crippen LogP contribution in [0.3, 0.4) is 0 Å². The molecule has 1 unspecified atom stereocenters. The number of thiophene rings is 1. The van der Waals surface area contributed by atoms with Crippen molar-refractivity contribution in [3.05, 3.63) is 47.9 Å². The lowest BCUT2D eigenvalue weighted by Crippen LogP contribution is -2.26. The summed E-state index contributed by atoms with van der Waals surface area (Å²) in [5.41, 5.74) is 3.93. The summed E-state index contributed by atoms with van der Waals surface area (Å²) in [6, 6.07) is 8.33. The number of hydrogen-bond acceptors (Lipinski definition) is 3. The fraction of sp³-hybridized carbons (Fsp3) is 0.0909. The van der Waals surface area contributed by atoms with Crippen LogP contribution in [0.2, 0.25) is 0 Å². The minimum Gasteiger partial charge on any atom is -0.271 e. The summed E-state index contributed by atoms with van der Waals surface area (Å²) in [7, 11) is 0. The maximum Gasteiger partial charge on any atom is 0.0652 e. The van der Waals surface area contributed by atoms with Crippen molar-refractivity contribution in [3.63, 3.8) is 0 Å². The Bertz CT molecular complexity index is 447. The predicted molar refractivity (Wildman–Crippen MR) is 62.1 cm³/mol. The molecule has 3 N–H and O–H groups in total. The molecule has 0 spiro atoms. The normalized spacial score (nSPS) is 12.9. The number of hydrazine groups is 1. The first-order valence-corrected chi connectivity index (χ1v) is 5.29. The van der Waals surface area contributed by atoms with Crippen LogP contribution in [0.25, 0.3) is 10.1 Å². The van der Waals surface area contributed by atoms with Gasteiger partial charge in [-0.05, 0) is 22.4 Å². The van der Waals surface area contributed by atoms with E-state index in [1.165, 1.54) is 15.6 Å². The number of hydrogen-bond donors (Lipinski definition) is 2. The molecule has 0 saturated heterocycles. The summed E-state index contributed by atoms with van der Waals surface area (Å²) in [6.45, 7) is 3.76.